The summed E-state index contributed by atoms with van der Waals surface area (Å²) in [5.74, 6) is 0.423. The third-order valence-electron chi connectivity index (χ3n) is 4.99. The monoisotopic (exact) mass is 358 g/mol. The molecule has 0 atom stereocenters. The molecule has 0 radical (unpaired) electrons. The fourth-order valence-corrected chi connectivity index (χ4v) is 3.38. The smallest absolute Gasteiger partial charge is 0.272 e. The summed E-state index contributed by atoms with van der Waals surface area (Å²) >= 11 is 0. The molecular weight excluding hydrogens is 336 g/mol. The Morgan fingerprint density at radius 1 is 1.07 bits per heavy atom. The molecule has 1 N–H and O–H groups in total. The van der Waals surface area contributed by atoms with E-state index in [1.165, 1.54) is 22.3 Å². The number of nitrogens with one attached hydrogen (secondary N) is 1. The van der Waals surface area contributed by atoms with Crippen molar-refractivity contribution in [3.8, 4) is 0 Å². The molecule has 136 valence electrons. The molecule has 2 heterocycles. The van der Waals surface area contributed by atoms with Crippen LogP contribution in [0, 0.1) is 6.92 Å². The fraction of sp³-hybridized carbons (Fsp3) is 0.227. The lowest BCUT2D eigenvalue weighted by Crippen LogP contribution is -2.36. The topological polar surface area (TPSA) is 58.1 Å². The minimum absolute atomic E-state index is 0.0501. The van der Waals surface area contributed by atoms with Gasteiger partial charge in [0.1, 0.15) is 5.69 Å². The number of carbonyl (C=O) groups is 1. The molecule has 0 fully saturated rings. The number of nitrogens with zero attached hydrogens (tertiary/aromatic N) is 3. The van der Waals surface area contributed by atoms with Gasteiger partial charge in [0.2, 0.25) is 5.95 Å². The second-order valence-corrected chi connectivity index (χ2v) is 6.79. The van der Waals surface area contributed by atoms with Crippen molar-refractivity contribution in [2.75, 3.05) is 11.9 Å². The molecule has 1 aromatic heterocycles. The molecule has 0 bridgehead atoms. The maximum absolute atomic E-state index is 12.9. The van der Waals surface area contributed by atoms with Gasteiger partial charge < -0.3 is 10.2 Å². The van der Waals surface area contributed by atoms with Crippen molar-refractivity contribution >= 4 is 11.9 Å². The lowest BCUT2D eigenvalue weighted by atomic mass is 10.00. The molecular formula is C22H22N4O. The molecule has 1 aliphatic rings. The Labute approximate surface area is 159 Å². The summed E-state index contributed by atoms with van der Waals surface area (Å²) in [4.78, 5) is 23.4. The van der Waals surface area contributed by atoms with Crippen LogP contribution in [0.1, 0.15) is 32.7 Å². The number of anilines is 1. The quantitative estimate of drug-likeness (QED) is 0.774. The molecule has 0 unspecified atom stereocenters. The van der Waals surface area contributed by atoms with Gasteiger partial charge in [0.25, 0.3) is 5.91 Å². The molecule has 5 heteroatoms. The first kappa shape index (κ1) is 17.2. The van der Waals surface area contributed by atoms with E-state index in [1.807, 2.05) is 29.2 Å². The first-order chi connectivity index (χ1) is 13.2. The highest BCUT2D eigenvalue weighted by Crippen LogP contribution is 2.20. The zero-order valence-electron chi connectivity index (χ0n) is 15.4. The van der Waals surface area contributed by atoms with Crippen molar-refractivity contribution in [1.82, 2.24) is 14.9 Å². The van der Waals surface area contributed by atoms with Gasteiger partial charge >= 0.3 is 0 Å². The molecule has 0 saturated heterocycles. The van der Waals surface area contributed by atoms with E-state index in [0.717, 1.165) is 6.42 Å². The van der Waals surface area contributed by atoms with Crippen LogP contribution in [0.2, 0.25) is 0 Å². The first-order valence-electron chi connectivity index (χ1n) is 9.18. The van der Waals surface area contributed by atoms with Gasteiger partial charge in [-0.1, -0.05) is 48.5 Å². The van der Waals surface area contributed by atoms with Crippen LogP contribution in [0.4, 0.5) is 5.95 Å². The van der Waals surface area contributed by atoms with Crippen LogP contribution in [0.25, 0.3) is 0 Å². The standard InChI is InChI=1S/C22H22N4O/c1-16-6-2-3-8-18(16)14-24-22-23-12-10-20(25-22)21(27)26-13-11-17-7-4-5-9-19(17)15-26/h2-10,12H,11,13-15H2,1H3,(H,23,24,25). The van der Waals surface area contributed by atoms with Crippen molar-refractivity contribution in [2.45, 2.75) is 26.4 Å². The number of amides is 1. The predicted molar refractivity (Wildman–Crippen MR) is 105 cm³/mol. The zero-order valence-corrected chi connectivity index (χ0v) is 15.4. The molecule has 2 aromatic carbocycles. The minimum atomic E-state index is -0.0501. The van der Waals surface area contributed by atoms with Gasteiger partial charge in [0.05, 0.1) is 0 Å². The maximum atomic E-state index is 12.9. The van der Waals surface area contributed by atoms with Crippen molar-refractivity contribution < 1.29 is 4.79 Å². The van der Waals surface area contributed by atoms with E-state index in [-0.39, 0.29) is 5.91 Å². The number of benzene rings is 2. The number of rotatable bonds is 4. The average molecular weight is 358 g/mol. The number of aryl methyl sites for hydroxylation is 1. The van der Waals surface area contributed by atoms with Crippen molar-refractivity contribution in [1.29, 1.82) is 0 Å². The third kappa shape index (κ3) is 3.82. The molecule has 0 aliphatic carbocycles. The van der Waals surface area contributed by atoms with Crippen LogP contribution in [0.5, 0.6) is 0 Å². The zero-order chi connectivity index (χ0) is 18.6. The van der Waals surface area contributed by atoms with Gasteiger partial charge in [-0.2, -0.15) is 0 Å². The average Bonchev–Trinajstić information content (AvgIpc) is 2.72. The normalized spacial score (nSPS) is 13.1. The van der Waals surface area contributed by atoms with E-state index in [0.29, 0.717) is 31.3 Å². The predicted octanol–water partition coefficient (Wildman–Crippen LogP) is 3.60. The first-order valence-corrected chi connectivity index (χ1v) is 9.18. The molecule has 4 rings (SSSR count). The van der Waals surface area contributed by atoms with Crippen molar-refractivity contribution in [3.05, 3.63) is 88.7 Å². The fourth-order valence-electron chi connectivity index (χ4n) is 3.38. The maximum Gasteiger partial charge on any atom is 0.272 e. The van der Waals surface area contributed by atoms with Crippen LogP contribution in [-0.4, -0.2) is 27.3 Å². The van der Waals surface area contributed by atoms with Crippen LogP contribution < -0.4 is 5.32 Å². The minimum Gasteiger partial charge on any atom is -0.350 e. The van der Waals surface area contributed by atoms with Crippen molar-refractivity contribution in [2.24, 2.45) is 0 Å². The Morgan fingerprint density at radius 2 is 1.85 bits per heavy atom. The van der Waals surface area contributed by atoms with Gasteiger partial charge in [-0.3, -0.25) is 4.79 Å². The Hall–Kier alpha value is -3.21. The molecule has 1 aliphatic heterocycles. The summed E-state index contributed by atoms with van der Waals surface area (Å²) in [6.45, 7) is 4.05. The highest BCUT2D eigenvalue weighted by Gasteiger charge is 2.22. The number of fused-ring (bicyclic) bond motifs is 1. The number of carbonyl (C=O) groups excluding carboxylic acids is 1. The summed E-state index contributed by atoms with van der Waals surface area (Å²) in [7, 11) is 0. The Morgan fingerprint density at radius 3 is 2.70 bits per heavy atom. The summed E-state index contributed by atoms with van der Waals surface area (Å²) in [5, 5.41) is 3.22. The van der Waals surface area contributed by atoms with Gasteiger partial charge in [0.15, 0.2) is 0 Å². The van der Waals surface area contributed by atoms with Gasteiger partial charge in [-0.25, -0.2) is 9.97 Å². The van der Waals surface area contributed by atoms with Gasteiger partial charge in [-0.15, -0.1) is 0 Å². The number of hydrogen-bond acceptors (Lipinski definition) is 4. The third-order valence-corrected chi connectivity index (χ3v) is 4.99. The van der Waals surface area contributed by atoms with E-state index in [4.69, 9.17) is 0 Å². The molecule has 0 saturated carbocycles. The van der Waals surface area contributed by atoms with Crippen LogP contribution in [0.3, 0.4) is 0 Å². The van der Waals surface area contributed by atoms with E-state index in [2.05, 4.69) is 46.5 Å². The van der Waals surface area contributed by atoms with E-state index >= 15 is 0 Å². The molecule has 1 amide bonds. The van der Waals surface area contributed by atoms with Crippen LogP contribution in [0.15, 0.2) is 60.8 Å². The van der Waals surface area contributed by atoms with E-state index in [1.54, 1.807) is 12.3 Å². The summed E-state index contributed by atoms with van der Waals surface area (Å²) in [5.41, 5.74) is 5.36. The van der Waals surface area contributed by atoms with Crippen LogP contribution in [-0.2, 0) is 19.5 Å². The largest absolute Gasteiger partial charge is 0.350 e. The highest BCUT2D eigenvalue weighted by molar-refractivity contribution is 5.92. The molecule has 5 nitrogen and oxygen atoms in total. The van der Waals surface area contributed by atoms with Gasteiger partial charge in [-0.05, 0) is 41.7 Å². The second kappa shape index (κ2) is 7.58. The SMILES string of the molecule is Cc1ccccc1CNc1nccc(C(=O)N2CCc3ccccc3C2)n1. The molecule has 3 aromatic rings. The summed E-state index contributed by atoms with van der Waals surface area (Å²) in [6.07, 6.45) is 2.52. The Balaban J connectivity index is 1.46. The summed E-state index contributed by atoms with van der Waals surface area (Å²) < 4.78 is 0. The van der Waals surface area contributed by atoms with E-state index in [9.17, 15) is 4.79 Å². The van der Waals surface area contributed by atoms with E-state index < -0.39 is 0 Å². The Bertz CT molecular complexity index is 970. The molecule has 27 heavy (non-hydrogen) atoms. The van der Waals surface area contributed by atoms with Gasteiger partial charge in [0, 0.05) is 25.8 Å². The lowest BCUT2D eigenvalue weighted by Gasteiger charge is -2.28. The van der Waals surface area contributed by atoms with Crippen LogP contribution >= 0.6 is 0 Å². The van der Waals surface area contributed by atoms with Crippen molar-refractivity contribution in [3.63, 3.8) is 0 Å². The molecule has 0 spiro atoms. The second-order valence-electron chi connectivity index (χ2n) is 6.79. The highest BCUT2D eigenvalue weighted by atomic mass is 16.2. The summed E-state index contributed by atoms with van der Waals surface area (Å²) in [6, 6.07) is 18.2. The number of aromatic nitrogens is 2. The number of hydrogen-bond donors (Lipinski definition) is 1. The Kier molecular flexibility index (Phi) is 4.83. The lowest BCUT2D eigenvalue weighted by molar-refractivity contribution is 0.0728.